The van der Waals surface area contributed by atoms with Crippen molar-refractivity contribution in [2.24, 2.45) is 0 Å². The van der Waals surface area contributed by atoms with Crippen LogP contribution in [0.1, 0.15) is 16.1 Å². The van der Waals surface area contributed by atoms with Crippen molar-refractivity contribution in [2.45, 2.75) is 6.42 Å². The molecule has 1 aliphatic heterocycles. The molecule has 1 aliphatic rings. The van der Waals surface area contributed by atoms with Crippen LogP contribution in [0.3, 0.4) is 0 Å². The van der Waals surface area contributed by atoms with Crippen molar-refractivity contribution in [3.63, 3.8) is 0 Å². The Bertz CT molecular complexity index is 823. The molecule has 7 nitrogen and oxygen atoms in total. The summed E-state index contributed by atoms with van der Waals surface area (Å²) >= 11 is 0. The fourth-order valence-electron chi connectivity index (χ4n) is 2.70. The summed E-state index contributed by atoms with van der Waals surface area (Å²) in [4.78, 5) is 38.8. The number of halogens is 1. The molecule has 1 fully saturated rings. The number of rotatable bonds is 3. The number of hydrogen-bond acceptors (Lipinski definition) is 4. The molecule has 0 bridgehead atoms. The van der Waals surface area contributed by atoms with Crippen LogP contribution in [0.2, 0.25) is 0 Å². The topological polar surface area (TPSA) is 86.4 Å². The maximum Gasteiger partial charge on any atom is 0.274 e. The molecule has 25 heavy (non-hydrogen) atoms. The molecule has 0 aliphatic carbocycles. The second-order valence-electron chi connectivity index (χ2n) is 5.75. The number of amides is 2. The third-order valence-electron chi connectivity index (χ3n) is 4.12. The number of carbonyl (C=O) groups is 2. The summed E-state index contributed by atoms with van der Waals surface area (Å²) in [5, 5.41) is 5.95. The summed E-state index contributed by atoms with van der Waals surface area (Å²) in [6.07, 6.45) is 0.00208. The zero-order valence-electron chi connectivity index (χ0n) is 13.4. The van der Waals surface area contributed by atoms with Crippen molar-refractivity contribution < 1.29 is 14.0 Å². The Kier molecular flexibility index (Phi) is 4.87. The van der Waals surface area contributed by atoms with E-state index in [0.29, 0.717) is 31.7 Å². The monoisotopic (exact) mass is 344 g/mol. The number of nitrogens with zero attached hydrogens (tertiary/aromatic N) is 3. The van der Waals surface area contributed by atoms with Crippen molar-refractivity contribution in [3.05, 3.63) is 63.8 Å². The van der Waals surface area contributed by atoms with Gasteiger partial charge in [-0.1, -0.05) is 18.2 Å². The Morgan fingerprint density at radius 2 is 1.72 bits per heavy atom. The van der Waals surface area contributed by atoms with Gasteiger partial charge in [-0.3, -0.25) is 14.4 Å². The Morgan fingerprint density at radius 1 is 1.04 bits per heavy atom. The van der Waals surface area contributed by atoms with E-state index >= 15 is 0 Å². The van der Waals surface area contributed by atoms with Gasteiger partial charge in [-0.25, -0.2) is 9.49 Å². The highest BCUT2D eigenvalue weighted by molar-refractivity contribution is 5.92. The van der Waals surface area contributed by atoms with E-state index in [-0.39, 0.29) is 29.5 Å². The van der Waals surface area contributed by atoms with E-state index in [9.17, 15) is 18.8 Å². The van der Waals surface area contributed by atoms with E-state index < -0.39 is 5.82 Å². The minimum absolute atomic E-state index is 0.00208. The van der Waals surface area contributed by atoms with Crippen molar-refractivity contribution in [1.29, 1.82) is 0 Å². The molecular weight excluding hydrogens is 327 g/mol. The fraction of sp³-hybridized carbons (Fsp3) is 0.294. The van der Waals surface area contributed by atoms with Gasteiger partial charge in [0, 0.05) is 32.2 Å². The molecule has 1 aromatic carbocycles. The molecule has 2 amide bonds. The van der Waals surface area contributed by atoms with Gasteiger partial charge in [0.1, 0.15) is 11.5 Å². The standard InChI is InChI=1S/C17H17FN4O3/c18-13-4-2-1-3-12(13)11-16(24)21-7-9-22(10-8-21)17(25)14-5-6-15(23)20-19-14/h1-6H,7-11H2,(H,20,23). The van der Waals surface area contributed by atoms with Gasteiger partial charge in [0.25, 0.3) is 11.5 Å². The molecule has 0 radical (unpaired) electrons. The molecule has 0 spiro atoms. The Hall–Kier alpha value is -3.03. The Labute approximate surface area is 143 Å². The number of benzene rings is 1. The number of carbonyl (C=O) groups excluding carboxylic acids is 2. The van der Waals surface area contributed by atoms with Gasteiger partial charge in [-0.05, 0) is 17.7 Å². The number of aromatic nitrogens is 2. The second kappa shape index (κ2) is 7.25. The van der Waals surface area contributed by atoms with Crippen LogP contribution in [0.15, 0.2) is 41.2 Å². The van der Waals surface area contributed by atoms with E-state index in [4.69, 9.17) is 0 Å². The number of piperazine rings is 1. The van der Waals surface area contributed by atoms with Gasteiger partial charge in [0.2, 0.25) is 5.91 Å². The van der Waals surface area contributed by atoms with Crippen LogP contribution in [0.5, 0.6) is 0 Å². The van der Waals surface area contributed by atoms with Crippen molar-refractivity contribution in [2.75, 3.05) is 26.2 Å². The van der Waals surface area contributed by atoms with Gasteiger partial charge in [-0.15, -0.1) is 0 Å². The SMILES string of the molecule is O=C(Cc1ccccc1F)N1CCN(C(=O)c2ccc(=O)[nH]n2)CC1. The minimum atomic E-state index is -0.395. The fourth-order valence-corrected chi connectivity index (χ4v) is 2.70. The van der Waals surface area contributed by atoms with Crippen LogP contribution in [-0.4, -0.2) is 58.0 Å². The van der Waals surface area contributed by atoms with Crippen LogP contribution in [0, 0.1) is 5.82 Å². The first kappa shape index (κ1) is 16.8. The zero-order chi connectivity index (χ0) is 17.8. The predicted octanol–water partition coefficient (Wildman–Crippen LogP) is 0.436. The molecule has 2 aromatic rings. The molecule has 3 rings (SSSR count). The normalized spacial score (nSPS) is 14.4. The van der Waals surface area contributed by atoms with Gasteiger partial charge in [0.05, 0.1) is 6.42 Å². The molecule has 0 unspecified atom stereocenters. The van der Waals surface area contributed by atoms with Crippen LogP contribution < -0.4 is 5.56 Å². The van der Waals surface area contributed by atoms with E-state index in [2.05, 4.69) is 10.2 Å². The highest BCUT2D eigenvalue weighted by atomic mass is 19.1. The molecule has 8 heteroatoms. The van der Waals surface area contributed by atoms with E-state index in [1.807, 2.05) is 0 Å². The van der Waals surface area contributed by atoms with Crippen LogP contribution in [0.25, 0.3) is 0 Å². The zero-order valence-corrected chi connectivity index (χ0v) is 13.4. The lowest BCUT2D eigenvalue weighted by Gasteiger charge is -2.34. The van der Waals surface area contributed by atoms with Crippen LogP contribution in [-0.2, 0) is 11.2 Å². The van der Waals surface area contributed by atoms with Crippen LogP contribution >= 0.6 is 0 Å². The lowest BCUT2D eigenvalue weighted by molar-refractivity contribution is -0.132. The average Bonchev–Trinajstić information content (AvgIpc) is 2.64. The smallest absolute Gasteiger partial charge is 0.274 e. The van der Waals surface area contributed by atoms with Gasteiger partial charge < -0.3 is 9.80 Å². The first-order valence-corrected chi connectivity index (χ1v) is 7.91. The molecule has 1 aromatic heterocycles. The van der Waals surface area contributed by atoms with Gasteiger partial charge in [-0.2, -0.15) is 5.10 Å². The largest absolute Gasteiger partial charge is 0.339 e. The highest BCUT2D eigenvalue weighted by Gasteiger charge is 2.25. The Balaban J connectivity index is 1.57. The summed E-state index contributed by atoms with van der Waals surface area (Å²) in [5.74, 6) is -0.856. The number of hydrogen-bond donors (Lipinski definition) is 1. The molecular formula is C17H17FN4O3. The molecule has 1 saturated heterocycles. The molecule has 0 saturated carbocycles. The number of nitrogens with one attached hydrogen (secondary N) is 1. The molecule has 130 valence electrons. The maximum absolute atomic E-state index is 13.6. The second-order valence-corrected chi connectivity index (χ2v) is 5.75. The van der Waals surface area contributed by atoms with Crippen molar-refractivity contribution >= 4 is 11.8 Å². The maximum atomic E-state index is 13.6. The number of H-pyrrole nitrogens is 1. The average molecular weight is 344 g/mol. The summed E-state index contributed by atoms with van der Waals surface area (Å²) in [5.41, 5.74) is 0.147. The molecule has 0 atom stereocenters. The Morgan fingerprint density at radius 3 is 2.36 bits per heavy atom. The van der Waals surface area contributed by atoms with E-state index in [0.717, 1.165) is 0 Å². The summed E-state index contributed by atoms with van der Waals surface area (Å²) < 4.78 is 13.6. The molecule has 1 N–H and O–H groups in total. The van der Waals surface area contributed by atoms with E-state index in [1.165, 1.54) is 18.2 Å². The summed E-state index contributed by atoms with van der Waals surface area (Å²) in [6, 6.07) is 8.81. The van der Waals surface area contributed by atoms with Crippen molar-refractivity contribution in [3.8, 4) is 0 Å². The van der Waals surface area contributed by atoms with E-state index in [1.54, 1.807) is 28.0 Å². The van der Waals surface area contributed by atoms with Gasteiger partial charge in [0.15, 0.2) is 0 Å². The first-order chi connectivity index (χ1) is 12.0. The summed E-state index contributed by atoms with van der Waals surface area (Å²) in [7, 11) is 0. The number of aromatic amines is 1. The lowest BCUT2D eigenvalue weighted by Crippen LogP contribution is -2.51. The third-order valence-corrected chi connectivity index (χ3v) is 4.12. The predicted molar refractivity (Wildman–Crippen MR) is 87.4 cm³/mol. The third kappa shape index (κ3) is 3.90. The van der Waals surface area contributed by atoms with Gasteiger partial charge >= 0.3 is 0 Å². The lowest BCUT2D eigenvalue weighted by atomic mass is 10.1. The minimum Gasteiger partial charge on any atom is -0.339 e. The first-order valence-electron chi connectivity index (χ1n) is 7.91. The van der Waals surface area contributed by atoms with Crippen LogP contribution in [0.4, 0.5) is 4.39 Å². The summed E-state index contributed by atoms with van der Waals surface area (Å²) in [6.45, 7) is 1.48. The molecule has 2 heterocycles. The highest BCUT2D eigenvalue weighted by Crippen LogP contribution is 2.11. The van der Waals surface area contributed by atoms with Crippen molar-refractivity contribution in [1.82, 2.24) is 20.0 Å². The quantitative estimate of drug-likeness (QED) is 0.875.